The Morgan fingerprint density at radius 1 is 1.32 bits per heavy atom. The summed E-state index contributed by atoms with van der Waals surface area (Å²) >= 11 is 7.06. The van der Waals surface area contributed by atoms with Gasteiger partial charge in [-0.2, -0.15) is 5.10 Å². The van der Waals surface area contributed by atoms with Crippen LogP contribution >= 0.6 is 31.9 Å². The van der Waals surface area contributed by atoms with Crippen LogP contribution in [0, 0.1) is 6.92 Å². The fraction of sp³-hybridized carbons (Fsp3) is 0.357. The van der Waals surface area contributed by atoms with Crippen LogP contribution in [0.3, 0.4) is 0 Å². The van der Waals surface area contributed by atoms with Crippen molar-refractivity contribution in [1.29, 1.82) is 0 Å². The number of aromatic nitrogens is 2. The minimum Gasteiger partial charge on any atom is -0.327 e. The smallest absolute Gasteiger partial charge is 0.0738 e. The number of aryl methyl sites for hydroxylation is 2. The second-order valence-corrected chi connectivity index (χ2v) is 6.48. The number of nitrogens with zero attached hydrogens (tertiary/aromatic N) is 2. The molecule has 2 N–H and O–H groups in total. The van der Waals surface area contributed by atoms with Crippen LogP contribution in [0.2, 0.25) is 0 Å². The Balaban J connectivity index is 2.07. The van der Waals surface area contributed by atoms with Gasteiger partial charge in [0.1, 0.15) is 0 Å². The maximum Gasteiger partial charge on any atom is 0.0738 e. The third-order valence-electron chi connectivity index (χ3n) is 3.10. The summed E-state index contributed by atoms with van der Waals surface area (Å²) in [7, 11) is 1.96. The predicted molar refractivity (Wildman–Crippen MR) is 85.2 cm³/mol. The monoisotopic (exact) mass is 385 g/mol. The van der Waals surface area contributed by atoms with Gasteiger partial charge in [-0.15, -0.1) is 0 Å². The van der Waals surface area contributed by atoms with Gasteiger partial charge >= 0.3 is 0 Å². The molecule has 1 heterocycles. The number of hydrogen-bond donors (Lipinski definition) is 1. The molecule has 0 aliphatic heterocycles. The van der Waals surface area contributed by atoms with Gasteiger partial charge in [0, 0.05) is 24.0 Å². The zero-order valence-corrected chi connectivity index (χ0v) is 14.2. The molecule has 0 spiro atoms. The van der Waals surface area contributed by atoms with Crippen LogP contribution in [0.25, 0.3) is 0 Å². The Kier molecular flexibility index (Phi) is 4.81. The van der Waals surface area contributed by atoms with Gasteiger partial charge in [-0.3, -0.25) is 4.68 Å². The number of halogens is 2. The molecule has 1 aromatic heterocycles. The molecule has 19 heavy (non-hydrogen) atoms. The van der Waals surface area contributed by atoms with Crippen molar-refractivity contribution in [1.82, 2.24) is 9.78 Å². The largest absolute Gasteiger partial charge is 0.327 e. The first kappa shape index (κ1) is 14.8. The topological polar surface area (TPSA) is 43.8 Å². The summed E-state index contributed by atoms with van der Waals surface area (Å²) in [6, 6.07) is 8.37. The van der Waals surface area contributed by atoms with Crippen molar-refractivity contribution in [2.24, 2.45) is 12.8 Å². The van der Waals surface area contributed by atoms with Crippen LogP contribution in [0.4, 0.5) is 0 Å². The Labute approximate surface area is 130 Å². The first-order valence-corrected chi connectivity index (χ1v) is 7.74. The van der Waals surface area contributed by atoms with Crippen molar-refractivity contribution in [3.8, 4) is 0 Å². The van der Waals surface area contributed by atoms with E-state index in [0.717, 1.165) is 33.2 Å². The molecule has 1 atom stereocenters. The molecule has 102 valence electrons. The number of nitrogens with two attached hydrogens (primary N) is 1. The zero-order chi connectivity index (χ0) is 14.0. The third kappa shape index (κ3) is 3.68. The summed E-state index contributed by atoms with van der Waals surface area (Å²) in [5.41, 5.74) is 9.66. The highest BCUT2D eigenvalue weighted by Crippen LogP contribution is 2.22. The lowest BCUT2D eigenvalue weighted by Gasteiger charge is -2.12. The predicted octanol–water partition coefficient (Wildman–Crippen LogP) is 3.37. The van der Waals surface area contributed by atoms with E-state index in [1.807, 2.05) is 30.8 Å². The van der Waals surface area contributed by atoms with Gasteiger partial charge in [0.2, 0.25) is 0 Å². The fourth-order valence-corrected chi connectivity index (χ4v) is 3.13. The van der Waals surface area contributed by atoms with Crippen LogP contribution < -0.4 is 5.73 Å². The summed E-state index contributed by atoms with van der Waals surface area (Å²) in [5.74, 6) is 0. The highest BCUT2D eigenvalue weighted by atomic mass is 79.9. The third-order valence-corrected chi connectivity index (χ3v) is 4.63. The van der Waals surface area contributed by atoms with Crippen molar-refractivity contribution < 1.29 is 0 Å². The standard InChI is InChI=1S/C14H17Br2N3/c1-9-14(16)13(19(2)18-9)8-12(17)7-10-4-3-5-11(15)6-10/h3-6,12H,7-8,17H2,1-2H3. The normalized spacial score (nSPS) is 12.7. The Hall–Kier alpha value is -0.650. The first-order valence-electron chi connectivity index (χ1n) is 6.15. The molecule has 2 aromatic rings. The van der Waals surface area contributed by atoms with E-state index < -0.39 is 0 Å². The minimum absolute atomic E-state index is 0.0837. The fourth-order valence-electron chi connectivity index (χ4n) is 2.19. The van der Waals surface area contributed by atoms with Gasteiger partial charge < -0.3 is 5.73 Å². The van der Waals surface area contributed by atoms with Crippen LogP contribution in [-0.4, -0.2) is 15.8 Å². The molecular formula is C14H17Br2N3. The summed E-state index contributed by atoms with van der Waals surface area (Å²) in [4.78, 5) is 0. The van der Waals surface area contributed by atoms with Crippen LogP contribution in [0.15, 0.2) is 33.2 Å². The second kappa shape index (κ2) is 6.20. The van der Waals surface area contributed by atoms with Gasteiger partial charge in [0.15, 0.2) is 0 Å². The molecule has 0 bridgehead atoms. The van der Waals surface area contributed by atoms with Crippen molar-refractivity contribution in [2.75, 3.05) is 0 Å². The highest BCUT2D eigenvalue weighted by molar-refractivity contribution is 9.10. The van der Waals surface area contributed by atoms with Crippen LogP contribution in [0.1, 0.15) is 17.0 Å². The lowest BCUT2D eigenvalue weighted by Crippen LogP contribution is -2.26. The molecule has 0 aliphatic carbocycles. The molecule has 0 amide bonds. The molecule has 3 nitrogen and oxygen atoms in total. The van der Waals surface area contributed by atoms with Crippen molar-refractivity contribution in [3.05, 3.63) is 50.2 Å². The van der Waals surface area contributed by atoms with Gasteiger partial charge in [-0.25, -0.2) is 0 Å². The van der Waals surface area contributed by atoms with Crippen molar-refractivity contribution >= 4 is 31.9 Å². The molecule has 0 aliphatic rings. The molecule has 0 fully saturated rings. The average molecular weight is 387 g/mol. The first-order chi connectivity index (χ1) is 8.97. The maximum absolute atomic E-state index is 6.26. The van der Waals surface area contributed by atoms with E-state index in [4.69, 9.17) is 5.73 Å². The van der Waals surface area contributed by atoms with Crippen LogP contribution in [0.5, 0.6) is 0 Å². The van der Waals surface area contributed by atoms with E-state index in [9.17, 15) is 0 Å². The van der Waals surface area contributed by atoms with Crippen molar-refractivity contribution in [2.45, 2.75) is 25.8 Å². The molecular weight excluding hydrogens is 370 g/mol. The van der Waals surface area contributed by atoms with Gasteiger partial charge in [0.05, 0.1) is 15.9 Å². The van der Waals surface area contributed by atoms with E-state index in [1.165, 1.54) is 5.56 Å². The maximum atomic E-state index is 6.26. The average Bonchev–Trinajstić information content (AvgIpc) is 2.56. The lowest BCUT2D eigenvalue weighted by molar-refractivity contribution is 0.611. The summed E-state index contributed by atoms with van der Waals surface area (Å²) in [6.07, 6.45) is 1.67. The number of benzene rings is 1. The zero-order valence-electron chi connectivity index (χ0n) is 11.0. The van der Waals surface area contributed by atoms with E-state index in [1.54, 1.807) is 0 Å². The highest BCUT2D eigenvalue weighted by Gasteiger charge is 2.14. The Bertz CT molecular complexity index is 578. The van der Waals surface area contributed by atoms with Crippen LogP contribution in [-0.2, 0) is 19.9 Å². The van der Waals surface area contributed by atoms with Gasteiger partial charge in [-0.1, -0.05) is 28.1 Å². The van der Waals surface area contributed by atoms with E-state index >= 15 is 0 Å². The van der Waals surface area contributed by atoms with Gasteiger partial charge in [0.25, 0.3) is 0 Å². The summed E-state index contributed by atoms with van der Waals surface area (Å²) < 4.78 is 4.06. The molecule has 1 unspecified atom stereocenters. The quantitative estimate of drug-likeness (QED) is 0.875. The van der Waals surface area contributed by atoms with E-state index in [-0.39, 0.29) is 6.04 Å². The second-order valence-electron chi connectivity index (χ2n) is 4.77. The number of hydrogen-bond acceptors (Lipinski definition) is 2. The molecule has 0 saturated carbocycles. The van der Waals surface area contributed by atoms with E-state index in [0.29, 0.717) is 0 Å². The Morgan fingerprint density at radius 3 is 2.63 bits per heavy atom. The summed E-state index contributed by atoms with van der Waals surface area (Å²) in [6.45, 7) is 1.99. The summed E-state index contributed by atoms with van der Waals surface area (Å²) in [5, 5.41) is 4.39. The molecule has 1 aromatic carbocycles. The molecule has 2 rings (SSSR count). The number of rotatable bonds is 4. The Morgan fingerprint density at radius 2 is 2.05 bits per heavy atom. The SMILES string of the molecule is Cc1nn(C)c(CC(N)Cc2cccc(Br)c2)c1Br. The molecule has 0 saturated heterocycles. The molecule has 5 heteroatoms. The van der Waals surface area contributed by atoms with Gasteiger partial charge in [-0.05, 0) is 47.0 Å². The minimum atomic E-state index is 0.0837. The van der Waals surface area contributed by atoms with Crippen molar-refractivity contribution in [3.63, 3.8) is 0 Å². The molecule has 0 radical (unpaired) electrons. The van der Waals surface area contributed by atoms with E-state index in [2.05, 4.69) is 49.1 Å². The lowest BCUT2D eigenvalue weighted by atomic mass is 10.0.